The van der Waals surface area contributed by atoms with Crippen LogP contribution in [0.3, 0.4) is 0 Å². The second-order valence-corrected chi connectivity index (χ2v) is 5.23. The maximum atomic E-state index is 13.2. The third-order valence-corrected chi connectivity index (χ3v) is 3.30. The summed E-state index contributed by atoms with van der Waals surface area (Å²) in [6.45, 7) is 4.03. The summed E-state index contributed by atoms with van der Waals surface area (Å²) in [5.74, 6) is -0.145. The molecule has 0 saturated carbocycles. The van der Waals surface area contributed by atoms with Crippen LogP contribution in [0.2, 0.25) is 0 Å². The Bertz CT molecular complexity index is 685. The molecule has 0 saturated heterocycles. The quantitative estimate of drug-likeness (QED) is 0.719. The first-order valence-corrected chi connectivity index (χ1v) is 5.89. The van der Waals surface area contributed by atoms with E-state index in [1.807, 2.05) is 13.8 Å². The fourth-order valence-electron chi connectivity index (χ4n) is 2.25. The van der Waals surface area contributed by atoms with Crippen LogP contribution >= 0.6 is 0 Å². The largest absolute Gasteiger partial charge is 0.487 e. The predicted molar refractivity (Wildman–Crippen MR) is 65.5 cm³/mol. The minimum absolute atomic E-state index is 0.221. The molecule has 0 unspecified atom stereocenters. The van der Waals surface area contributed by atoms with Gasteiger partial charge in [-0.25, -0.2) is 0 Å². The van der Waals surface area contributed by atoms with Gasteiger partial charge in [0.2, 0.25) is 11.2 Å². The van der Waals surface area contributed by atoms with Crippen LogP contribution in [0, 0.1) is 5.82 Å². The van der Waals surface area contributed by atoms with Crippen molar-refractivity contribution in [1.29, 1.82) is 0 Å². The molecule has 0 fully saturated rings. The Balaban J connectivity index is 2.25. The van der Waals surface area contributed by atoms with E-state index in [0.717, 1.165) is 24.7 Å². The van der Waals surface area contributed by atoms with Crippen LogP contribution in [0.1, 0.15) is 25.8 Å². The molecule has 0 bridgehead atoms. The van der Waals surface area contributed by atoms with Crippen molar-refractivity contribution in [2.24, 2.45) is 0 Å². The van der Waals surface area contributed by atoms with Crippen molar-refractivity contribution in [1.82, 2.24) is 0 Å². The van der Waals surface area contributed by atoms with Crippen LogP contribution in [-0.4, -0.2) is 5.60 Å². The molecule has 0 radical (unpaired) electrons. The van der Waals surface area contributed by atoms with E-state index in [0.29, 0.717) is 11.3 Å². The second kappa shape index (κ2) is 3.57. The number of halogens is 1. The van der Waals surface area contributed by atoms with Crippen molar-refractivity contribution < 1.29 is 13.5 Å². The average molecular weight is 248 g/mol. The van der Waals surface area contributed by atoms with Gasteiger partial charge in [0.1, 0.15) is 23.2 Å². The van der Waals surface area contributed by atoms with E-state index in [-0.39, 0.29) is 11.0 Å². The van der Waals surface area contributed by atoms with Crippen molar-refractivity contribution in [3.63, 3.8) is 0 Å². The zero-order valence-electron chi connectivity index (χ0n) is 10.2. The highest BCUT2D eigenvalue weighted by molar-refractivity contribution is 5.79. The summed E-state index contributed by atoms with van der Waals surface area (Å²) in [5, 5.41) is 0.275. The topological polar surface area (TPSA) is 39.4 Å². The minimum atomic E-state index is -0.862. The number of aryl methyl sites for hydroxylation is 1. The van der Waals surface area contributed by atoms with Gasteiger partial charge < -0.3 is 9.15 Å². The van der Waals surface area contributed by atoms with Crippen LogP contribution in [0.25, 0.3) is 11.0 Å². The highest BCUT2D eigenvalue weighted by atomic mass is 19.1. The lowest BCUT2D eigenvalue weighted by atomic mass is 9.93. The molecule has 4 heteroatoms. The van der Waals surface area contributed by atoms with Crippen LogP contribution in [0.15, 0.2) is 27.6 Å². The fraction of sp³-hybridized carbons (Fsp3) is 0.357. The molecule has 18 heavy (non-hydrogen) atoms. The third-order valence-electron chi connectivity index (χ3n) is 3.30. The predicted octanol–water partition coefficient (Wildman–Crippen LogP) is 3.04. The number of fused-ring (bicyclic) bond motifs is 2. The first-order valence-electron chi connectivity index (χ1n) is 5.89. The van der Waals surface area contributed by atoms with Crippen LogP contribution in [0.5, 0.6) is 5.75 Å². The molecule has 2 aromatic rings. The van der Waals surface area contributed by atoms with E-state index in [1.165, 1.54) is 0 Å². The summed E-state index contributed by atoms with van der Waals surface area (Å²) >= 11 is 0. The SMILES string of the molecule is CC1(C)CCc2cc3c(=O)c(F)coc3cc2O1. The van der Waals surface area contributed by atoms with Crippen molar-refractivity contribution in [3.05, 3.63) is 40.0 Å². The van der Waals surface area contributed by atoms with Gasteiger partial charge in [0.25, 0.3) is 0 Å². The molecule has 3 nitrogen and oxygen atoms in total. The summed E-state index contributed by atoms with van der Waals surface area (Å²) in [7, 11) is 0. The molecule has 0 spiro atoms. The van der Waals surface area contributed by atoms with E-state index in [9.17, 15) is 9.18 Å². The first-order chi connectivity index (χ1) is 8.46. The second-order valence-electron chi connectivity index (χ2n) is 5.23. The first kappa shape index (κ1) is 11.3. The van der Waals surface area contributed by atoms with Gasteiger partial charge in [-0.15, -0.1) is 0 Å². The Hall–Kier alpha value is -1.84. The number of benzene rings is 1. The van der Waals surface area contributed by atoms with Crippen molar-refractivity contribution >= 4 is 11.0 Å². The average Bonchev–Trinajstić information content (AvgIpc) is 2.31. The lowest BCUT2D eigenvalue weighted by molar-refractivity contribution is 0.0848. The molecule has 0 amide bonds. The summed E-state index contributed by atoms with van der Waals surface area (Å²) in [6, 6.07) is 3.35. The molecule has 0 N–H and O–H groups in total. The highest BCUT2D eigenvalue weighted by Gasteiger charge is 2.27. The van der Waals surface area contributed by atoms with E-state index in [4.69, 9.17) is 9.15 Å². The zero-order chi connectivity index (χ0) is 12.9. The van der Waals surface area contributed by atoms with Gasteiger partial charge in [-0.2, -0.15) is 4.39 Å². The molecule has 1 aromatic carbocycles. The molecule has 1 aliphatic heterocycles. The van der Waals surface area contributed by atoms with E-state index < -0.39 is 11.2 Å². The zero-order valence-corrected chi connectivity index (χ0v) is 10.2. The Morgan fingerprint density at radius 3 is 2.89 bits per heavy atom. The summed E-state index contributed by atoms with van der Waals surface area (Å²) in [4.78, 5) is 11.7. The Morgan fingerprint density at radius 1 is 1.33 bits per heavy atom. The van der Waals surface area contributed by atoms with Crippen LogP contribution < -0.4 is 10.2 Å². The van der Waals surface area contributed by atoms with E-state index in [1.54, 1.807) is 12.1 Å². The molecular weight excluding hydrogens is 235 g/mol. The molecule has 3 rings (SSSR count). The molecule has 1 aromatic heterocycles. The third kappa shape index (κ3) is 1.68. The lowest BCUT2D eigenvalue weighted by Gasteiger charge is -2.32. The smallest absolute Gasteiger partial charge is 0.228 e. The van der Waals surface area contributed by atoms with Crippen LogP contribution in [0.4, 0.5) is 4.39 Å². The van der Waals surface area contributed by atoms with Gasteiger partial charge in [-0.1, -0.05) is 0 Å². The number of hydrogen-bond acceptors (Lipinski definition) is 3. The standard InChI is InChI=1S/C14H13FO3/c1-14(2)4-3-8-5-9-12(6-11(8)18-14)17-7-10(15)13(9)16/h5-7H,3-4H2,1-2H3. The number of rotatable bonds is 0. The van der Waals surface area contributed by atoms with Gasteiger partial charge >= 0.3 is 0 Å². The monoisotopic (exact) mass is 248 g/mol. The van der Waals surface area contributed by atoms with Gasteiger partial charge in [-0.3, -0.25) is 4.79 Å². The van der Waals surface area contributed by atoms with Gasteiger partial charge in [0, 0.05) is 6.07 Å². The van der Waals surface area contributed by atoms with Crippen molar-refractivity contribution in [2.75, 3.05) is 0 Å². The number of ether oxygens (including phenoxy) is 1. The maximum Gasteiger partial charge on any atom is 0.228 e. The molecule has 2 heterocycles. The Kier molecular flexibility index (Phi) is 2.24. The Labute approximate surface area is 103 Å². The van der Waals surface area contributed by atoms with E-state index >= 15 is 0 Å². The molecule has 1 aliphatic rings. The van der Waals surface area contributed by atoms with Crippen LogP contribution in [-0.2, 0) is 6.42 Å². The van der Waals surface area contributed by atoms with Crippen molar-refractivity contribution in [2.45, 2.75) is 32.3 Å². The van der Waals surface area contributed by atoms with Gasteiger partial charge in [-0.05, 0) is 38.3 Å². The minimum Gasteiger partial charge on any atom is -0.487 e. The highest BCUT2D eigenvalue weighted by Crippen LogP contribution is 2.35. The van der Waals surface area contributed by atoms with Gasteiger partial charge in [0.05, 0.1) is 5.39 Å². The van der Waals surface area contributed by atoms with E-state index in [2.05, 4.69) is 0 Å². The summed E-state index contributed by atoms with van der Waals surface area (Å²) < 4.78 is 24.1. The number of hydrogen-bond donors (Lipinski definition) is 0. The molecular formula is C14H13FO3. The summed E-state index contributed by atoms with van der Waals surface area (Å²) in [5.41, 5.74) is 0.447. The molecule has 0 atom stereocenters. The van der Waals surface area contributed by atoms with Gasteiger partial charge in [0.15, 0.2) is 0 Å². The van der Waals surface area contributed by atoms with Crippen molar-refractivity contribution in [3.8, 4) is 5.75 Å². The fourth-order valence-corrected chi connectivity index (χ4v) is 2.25. The molecule has 94 valence electrons. The summed E-state index contributed by atoms with van der Waals surface area (Å²) in [6.07, 6.45) is 2.52. The normalized spacial score (nSPS) is 17.3. The Morgan fingerprint density at radius 2 is 2.11 bits per heavy atom. The maximum absolute atomic E-state index is 13.2. The lowest BCUT2D eigenvalue weighted by Crippen LogP contribution is -2.32. The molecule has 0 aliphatic carbocycles.